The second kappa shape index (κ2) is 10.4. The van der Waals surface area contributed by atoms with E-state index in [9.17, 15) is 10.2 Å². The Hall–Kier alpha value is -1.44. The van der Waals surface area contributed by atoms with Gasteiger partial charge in [-0.3, -0.25) is 0 Å². The number of aliphatic hydroxyl groups excluding tert-OH is 1. The fraction of sp³-hybridized carbons (Fsp3) is 0.556. The second-order valence-corrected chi connectivity index (χ2v) is 5.37. The lowest BCUT2D eigenvalue weighted by molar-refractivity contribution is 0.459. The van der Waals surface area contributed by atoms with Crippen LogP contribution in [0.15, 0.2) is 30.3 Å². The van der Waals surface area contributed by atoms with Crippen LogP contribution in [0, 0.1) is 0 Å². The van der Waals surface area contributed by atoms with Crippen molar-refractivity contribution in [1.29, 1.82) is 0 Å². The highest BCUT2D eigenvalue weighted by Crippen LogP contribution is 2.23. The number of aliphatic hydroxyl groups is 1. The van der Waals surface area contributed by atoms with Crippen LogP contribution >= 0.6 is 0 Å². The number of unbranched alkanes of at least 4 members (excludes halogenated alkanes) is 8. The van der Waals surface area contributed by atoms with E-state index in [1.807, 2.05) is 12.1 Å². The van der Waals surface area contributed by atoms with Crippen LogP contribution in [0.25, 0.3) is 5.76 Å². The van der Waals surface area contributed by atoms with Gasteiger partial charge in [0.05, 0.1) is 5.56 Å². The Kier molecular flexibility index (Phi) is 8.61. The van der Waals surface area contributed by atoms with Crippen molar-refractivity contribution >= 4 is 5.76 Å². The summed E-state index contributed by atoms with van der Waals surface area (Å²) in [4.78, 5) is 0. The van der Waals surface area contributed by atoms with Gasteiger partial charge in [-0.15, -0.1) is 0 Å². The molecule has 0 saturated carbocycles. The first kappa shape index (κ1) is 16.6. The molecule has 0 aliphatic heterocycles. The number of aromatic hydroxyl groups is 1. The summed E-state index contributed by atoms with van der Waals surface area (Å²) in [7, 11) is 0. The van der Waals surface area contributed by atoms with Gasteiger partial charge in [0.1, 0.15) is 11.5 Å². The quantitative estimate of drug-likeness (QED) is 0.417. The van der Waals surface area contributed by atoms with Gasteiger partial charge in [0.2, 0.25) is 0 Å². The van der Waals surface area contributed by atoms with Gasteiger partial charge in [-0.25, -0.2) is 0 Å². The first-order valence-corrected chi connectivity index (χ1v) is 7.93. The minimum atomic E-state index is 0.136. The molecule has 0 aromatic heterocycles. The summed E-state index contributed by atoms with van der Waals surface area (Å²) < 4.78 is 0. The number of hydrogen-bond donors (Lipinski definition) is 2. The molecule has 0 radical (unpaired) electrons. The average molecular weight is 276 g/mol. The molecule has 0 heterocycles. The number of rotatable bonds is 10. The minimum absolute atomic E-state index is 0.136. The highest BCUT2D eigenvalue weighted by Gasteiger charge is 2.03. The number of hydrogen-bond acceptors (Lipinski definition) is 2. The summed E-state index contributed by atoms with van der Waals surface area (Å²) in [6.07, 6.45) is 13.0. The normalized spacial score (nSPS) is 11.8. The van der Waals surface area contributed by atoms with E-state index in [0.29, 0.717) is 5.56 Å². The maximum atomic E-state index is 9.90. The van der Waals surface area contributed by atoms with Crippen LogP contribution in [-0.2, 0) is 0 Å². The summed E-state index contributed by atoms with van der Waals surface area (Å²) in [5, 5.41) is 19.5. The molecular formula is C18H28O2. The molecule has 112 valence electrons. The van der Waals surface area contributed by atoms with Gasteiger partial charge in [-0.2, -0.15) is 0 Å². The van der Waals surface area contributed by atoms with E-state index in [1.165, 1.54) is 44.9 Å². The SMILES string of the molecule is CCCCCCCCCCC=C(O)c1ccccc1O. The maximum Gasteiger partial charge on any atom is 0.126 e. The Bertz CT molecular complexity index is 396. The van der Waals surface area contributed by atoms with Crippen LogP contribution in [0.5, 0.6) is 5.75 Å². The molecule has 2 N–H and O–H groups in total. The van der Waals surface area contributed by atoms with Crippen molar-refractivity contribution in [3.05, 3.63) is 35.9 Å². The van der Waals surface area contributed by atoms with E-state index < -0.39 is 0 Å². The smallest absolute Gasteiger partial charge is 0.126 e. The zero-order valence-corrected chi connectivity index (χ0v) is 12.6. The van der Waals surface area contributed by atoms with Crippen molar-refractivity contribution in [3.8, 4) is 5.75 Å². The number of phenols is 1. The molecule has 0 unspecified atom stereocenters. The van der Waals surface area contributed by atoms with Gasteiger partial charge >= 0.3 is 0 Å². The van der Waals surface area contributed by atoms with E-state index in [-0.39, 0.29) is 11.5 Å². The molecule has 0 spiro atoms. The maximum absolute atomic E-state index is 9.90. The first-order valence-electron chi connectivity index (χ1n) is 7.93. The number of allylic oxidation sites excluding steroid dienone is 1. The van der Waals surface area contributed by atoms with Crippen molar-refractivity contribution < 1.29 is 10.2 Å². The van der Waals surface area contributed by atoms with Gasteiger partial charge in [-0.05, 0) is 31.1 Å². The largest absolute Gasteiger partial charge is 0.508 e. The zero-order valence-electron chi connectivity index (χ0n) is 12.6. The Balaban J connectivity index is 2.14. The number of para-hydroxylation sites is 1. The summed E-state index contributed by atoms with van der Waals surface area (Å²) >= 11 is 0. The fourth-order valence-electron chi connectivity index (χ4n) is 2.32. The van der Waals surface area contributed by atoms with E-state index in [2.05, 4.69) is 6.92 Å². The predicted molar refractivity (Wildman–Crippen MR) is 85.9 cm³/mol. The van der Waals surface area contributed by atoms with E-state index in [1.54, 1.807) is 18.2 Å². The lowest BCUT2D eigenvalue weighted by Crippen LogP contribution is -1.84. The standard InChI is InChI=1S/C18H28O2/c1-2-3-4-5-6-7-8-9-10-14-17(19)16-13-11-12-15-18(16)20/h11-15,19-20H,2-10H2,1H3. The molecule has 1 aromatic carbocycles. The van der Waals surface area contributed by atoms with E-state index >= 15 is 0 Å². The van der Waals surface area contributed by atoms with Gasteiger partial charge in [0, 0.05) is 0 Å². The van der Waals surface area contributed by atoms with Crippen LogP contribution in [0.4, 0.5) is 0 Å². The molecule has 0 amide bonds. The van der Waals surface area contributed by atoms with Crippen molar-refractivity contribution in [1.82, 2.24) is 0 Å². The second-order valence-electron chi connectivity index (χ2n) is 5.37. The zero-order chi connectivity index (χ0) is 14.6. The molecule has 0 aliphatic rings. The summed E-state index contributed by atoms with van der Waals surface area (Å²) in [5.74, 6) is 0.322. The van der Waals surface area contributed by atoms with Gasteiger partial charge in [0.15, 0.2) is 0 Å². The van der Waals surface area contributed by atoms with Crippen LogP contribution in [0.2, 0.25) is 0 Å². The first-order chi connectivity index (χ1) is 9.75. The molecule has 0 bridgehead atoms. The molecule has 1 aromatic rings. The molecule has 0 fully saturated rings. The van der Waals surface area contributed by atoms with Crippen LogP contribution in [-0.4, -0.2) is 10.2 Å². The van der Waals surface area contributed by atoms with Crippen molar-refractivity contribution in [2.75, 3.05) is 0 Å². The third kappa shape index (κ3) is 6.65. The molecule has 2 nitrogen and oxygen atoms in total. The Morgan fingerprint density at radius 2 is 1.55 bits per heavy atom. The third-order valence-electron chi connectivity index (χ3n) is 3.58. The van der Waals surface area contributed by atoms with Crippen molar-refractivity contribution in [2.24, 2.45) is 0 Å². The molecular weight excluding hydrogens is 248 g/mol. The summed E-state index contributed by atoms with van der Waals surface area (Å²) in [6, 6.07) is 6.89. The summed E-state index contributed by atoms with van der Waals surface area (Å²) in [6.45, 7) is 2.24. The minimum Gasteiger partial charge on any atom is -0.508 e. The molecule has 0 aliphatic carbocycles. The lowest BCUT2D eigenvalue weighted by Gasteiger charge is -2.03. The summed E-state index contributed by atoms with van der Waals surface area (Å²) in [5.41, 5.74) is 0.520. The average Bonchev–Trinajstić information content (AvgIpc) is 2.46. The van der Waals surface area contributed by atoms with E-state index in [0.717, 1.165) is 12.8 Å². The Morgan fingerprint density at radius 3 is 2.20 bits per heavy atom. The topological polar surface area (TPSA) is 40.5 Å². The van der Waals surface area contributed by atoms with Crippen molar-refractivity contribution in [2.45, 2.75) is 64.7 Å². The molecule has 0 saturated heterocycles. The van der Waals surface area contributed by atoms with Gasteiger partial charge in [0.25, 0.3) is 0 Å². The molecule has 2 heteroatoms. The van der Waals surface area contributed by atoms with E-state index in [4.69, 9.17) is 0 Å². The monoisotopic (exact) mass is 276 g/mol. The Morgan fingerprint density at radius 1 is 0.950 bits per heavy atom. The van der Waals surface area contributed by atoms with Gasteiger partial charge in [-0.1, -0.05) is 64.0 Å². The Labute approximate surface area is 123 Å². The fourth-order valence-corrected chi connectivity index (χ4v) is 2.32. The lowest BCUT2D eigenvalue weighted by atomic mass is 10.1. The number of phenolic OH excluding ortho intramolecular Hbond substituents is 1. The molecule has 0 atom stereocenters. The van der Waals surface area contributed by atoms with Crippen molar-refractivity contribution in [3.63, 3.8) is 0 Å². The predicted octanol–water partition coefficient (Wildman–Crippen LogP) is 5.82. The van der Waals surface area contributed by atoms with Crippen LogP contribution < -0.4 is 0 Å². The number of benzene rings is 1. The van der Waals surface area contributed by atoms with Crippen LogP contribution in [0.1, 0.15) is 70.3 Å². The molecule has 20 heavy (non-hydrogen) atoms. The third-order valence-corrected chi connectivity index (χ3v) is 3.58. The van der Waals surface area contributed by atoms with Gasteiger partial charge < -0.3 is 10.2 Å². The highest BCUT2D eigenvalue weighted by atomic mass is 16.3. The molecule has 1 rings (SSSR count). The van der Waals surface area contributed by atoms with Crippen LogP contribution in [0.3, 0.4) is 0 Å². The highest BCUT2D eigenvalue weighted by molar-refractivity contribution is 5.63.